The van der Waals surface area contributed by atoms with Crippen LogP contribution in [-0.4, -0.2) is 29.2 Å². The quantitative estimate of drug-likeness (QED) is 0.606. The highest BCUT2D eigenvalue weighted by Gasteiger charge is 2.17. The number of hydrogen-bond acceptors (Lipinski definition) is 5. The molecule has 0 aliphatic heterocycles. The average molecular weight is 374 g/mol. The third-order valence-corrected chi connectivity index (χ3v) is 3.17. The summed E-state index contributed by atoms with van der Waals surface area (Å²) in [6, 6.07) is 4.38. The summed E-state index contributed by atoms with van der Waals surface area (Å²) in [4.78, 5) is 21.8. The van der Waals surface area contributed by atoms with Gasteiger partial charge in [0.05, 0.1) is 4.92 Å². The summed E-state index contributed by atoms with van der Waals surface area (Å²) in [5, 5.41) is 16.5. The molecule has 0 fully saturated rings. The number of carbonyl (C=O) groups excluding carboxylic acids is 1. The van der Waals surface area contributed by atoms with Crippen molar-refractivity contribution in [3.63, 3.8) is 0 Å². The number of amides is 1. The molecule has 0 aliphatic carbocycles. The lowest BCUT2D eigenvalue weighted by Gasteiger charge is -2.21. The highest BCUT2D eigenvalue weighted by Crippen LogP contribution is 2.27. The van der Waals surface area contributed by atoms with E-state index in [0.29, 0.717) is 16.7 Å². The minimum Gasteiger partial charge on any atom is -0.444 e. The third-order valence-electron chi connectivity index (χ3n) is 2.52. The highest BCUT2D eigenvalue weighted by atomic mass is 79.9. The van der Waals surface area contributed by atoms with Gasteiger partial charge in [-0.25, -0.2) is 4.79 Å². The summed E-state index contributed by atoms with van der Waals surface area (Å²) in [6.07, 6.45) is -0.482. The van der Waals surface area contributed by atoms with Crippen molar-refractivity contribution in [2.24, 2.45) is 0 Å². The smallest absolute Gasteiger partial charge is 0.407 e. The fourth-order valence-electron chi connectivity index (χ4n) is 1.60. The molecule has 122 valence electrons. The normalized spacial score (nSPS) is 12.4. The maximum absolute atomic E-state index is 11.6. The summed E-state index contributed by atoms with van der Waals surface area (Å²) in [5.41, 5.74) is 0.184. The van der Waals surface area contributed by atoms with Gasteiger partial charge in [0.25, 0.3) is 5.69 Å². The standard InChI is InChI=1S/C14H20BrN3O4/c1-9(8-16-13(19)22-14(2,3)4)17-12-6-5-10(18(20)21)7-11(12)15/h5-7,9,17H,8H2,1-4H3,(H,16,19). The van der Waals surface area contributed by atoms with Gasteiger partial charge in [-0.15, -0.1) is 0 Å². The van der Waals surface area contributed by atoms with E-state index in [1.165, 1.54) is 12.1 Å². The van der Waals surface area contributed by atoms with Crippen LogP contribution in [0.25, 0.3) is 0 Å². The Balaban J connectivity index is 2.53. The number of ether oxygens (including phenoxy) is 1. The van der Waals surface area contributed by atoms with Gasteiger partial charge in [-0.1, -0.05) is 0 Å². The Labute approximate surface area is 137 Å². The number of nitro groups is 1. The first-order chi connectivity index (χ1) is 10.1. The molecular formula is C14H20BrN3O4. The van der Waals surface area contributed by atoms with E-state index in [9.17, 15) is 14.9 Å². The van der Waals surface area contributed by atoms with Gasteiger partial charge in [0.15, 0.2) is 0 Å². The van der Waals surface area contributed by atoms with Crippen LogP contribution in [0.3, 0.4) is 0 Å². The molecule has 0 saturated carbocycles. The zero-order valence-corrected chi connectivity index (χ0v) is 14.6. The lowest BCUT2D eigenvalue weighted by atomic mass is 10.2. The number of hydrogen-bond donors (Lipinski definition) is 2. The molecule has 1 atom stereocenters. The SMILES string of the molecule is CC(CNC(=O)OC(C)(C)C)Nc1ccc([N+](=O)[O-])cc1Br. The van der Waals surface area contributed by atoms with E-state index in [0.717, 1.165) is 0 Å². The van der Waals surface area contributed by atoms with E-state index < -0.39 is 16.6 Å². The fraction of sp³-hybridized carbons (Fsp3) is 0.500. The number of alkyl carbamates (subject to hydrolysis) is 1. The number of rotatable bonds is 5. The van der Waals surface area contributed by atoms with Crippen molar-refractivity contribution in [2.75, 3.05) is 11.9 Å². The maximum atomic E-state index is 11.6. The second kappa shape index (κ2) is 7.44. The Bertz CT molecular complexity index is 558. The lowest BCUT2D eigenvalue weighted by Crippen LogP contribution is -2.38. The van der Waals surface area contributed by atoms with Gasteiger partial charge < -0.3 is 15.4 Å². The number of anilines is 1. The Kier molecular flexibility index (Phi) is 6.16. The van der Waals surface area contributed by atoms with E-state index in [1.54, 1.807) is 26.8 Å². The lowest BCUT2D eigenvalue weighted by molar-refractivity contribution is -0.384. The zero-order valence-electron chi connectivity index (χ0n) is 13.0. The second-order valence-corrected chi connectivity index (χ2v) is 6.70. The molecule has 2 N–H and O–H groups in total. The third kappa shape index (κ3) is 6.30. The minimum atomic E-state index is -0.540. The van der Waals surface area contributed by atoms with Gasteiger partial charge in [0, 0.05) is 34.9 Å². The van der Waals surface area contributed by atoms with Crippen LogP contribution in [0.4, 0.5) is 16.2 Å². The molecule has 0 bridgehead atoms. The van der Waals surface area contributed by atoms with Gasteiger partial charge in [0.1, 0.15) is 5.60 Å². The summed E-state index contributed by atoms with van der Waals surface area (Å²) < 4.78 is 5.73. The average Bonchev–Trinajstić information content (AvgIpc) is 2.36. The Hall–Kier alpha value is -1.83. The molecule has 1 aromatic carbocycles. The number of non-ortho nitro benzene ring substituents is 1. The van der Waals surface area contributed by atoms with Crippen LogP contribution in [0.15, 0.2) is 22.7 Å². The molecule has 1 amide bonds. The van der Waals surface area contributed by atoms with Gasteiger partial charge in [-0.05, 0) is 49.7 Å². The van der Waals surface area contributed by atoms with Crippen molar-refractivity contribution in [2.45, 2.75) is 39.3 Å². The number of nitrogens with one attached hydrogen (secondary N) is 2. The predicted octanol–water partition coefficient (Wildman–Crippen LogP) is 3.68. The molecule has 0 radical (unpaired) electrons. The summed E-state index contributed by atoms with van der Waals surface area (Å²) in [6.45, 7) is 7.62. The molecule has 1 aromatic rings. The number of nitro benzene ring substituents is 1. The van der Waals surface area contributed by atoms with E-state index in [2.05, 4.69) is 26.6 Å². The molecule has 0 spiro atoms. The van der Waals surface area contributed by atoms with Crippen LogP contribution in [0.2, 0.25) is 0 Å². The minimum absolute atomic E-state index is 0.0111. The number of benzene rings is 1. The molecule has 0 heterocycles. The van der Waals surface area contributed by atoms with E-state index >= 15 is 0 Å². The molecule has 22 heavy (non-hydrogen) atoms. The molecule has 7 nitrogen and oxygen atoms in total. The molecule has 0 aromatic heterocycles. The van der Waals surface area contributed by atoms with Crippen molar-refractivity contribution in [3.05, 3.63) is 32.8 Å². The zero-order chi connectivity index (χ0) is 16.9. The molecule has 0 aliphatic rings. The van der Waals surface area contributed by atoms with Crippen LogP contribution < -0.4 is 10.6 Å². The fourth-order valence-corrected chi connectivity index (χ4v) is 2.08. The number of carbonyl (C=O) groups is 1. The highest BCUT2D eigenvalue weighted by molar-refractivity contribution is 9.10. The largest absolute Gasteiger partial charge is 0.444 e. The molecular weight excluding hydrogens is 354 g/mol. The van der Waals surface area contributed by atoms with Crippen LogP contribution in [-0.2, 0) is 4.74 Å². The first-order valence-corrected chi connectivity index (χ1v) is 7.55. The van der Waals surface area contributed by atoms with E-state index in [-0.39, 0.29) is 11.7 Å². The Morgan fingerprint density at radius 3 is 2.59 bits per heavy atom. The van der Waals surface area contributed by atoms with Gasteiger partial charge >= 0.3 is 6.09 Å². The molecule has 8 heteroatoms. The number of nitrogens with zero attached hydrogens (tertiary/aromatic N) is 1. The van der Waals surface area contributed by atoms with Crippen LogP contribution >= 0.6 is 15.9 Å². The van der Waals surface area contributed by atoms with Gasteiger partial charge in [-0.2, -0.15) is 0 Å². The summed E-state index contributed by atoms with van der Waals surface area (Å²) in [7, 11) is 0. The van der Waals surface area contributed by atoms with Crippen molar-refractivity contribution in [1.29, 1.82) is 0 Å². The molecule has 1 rings (SSSR count). The van der Waals surface area contributed by atoms with Crippen LogP contribution in [0.1, 0.15) is 27.7 Å². The van der Waals surface area contributed by atoms with Crippen LogP contribution in [0.5, 0.6) is 0 Å². The van der Waals surface area contributed by atoms with Crippen molar-refractivity contribution in [1.82, 2.24) is 5.32 Å². The topological polar surface area (TPSA) is 93.5 Å². The van der Waals surface area contributed by atoms with Crippen LogP contribution in [0, 0.1) is 10.1 Å². The van der Waals surface area contributed by atoms with Crippen molar-refractivity contribution < 1.29 is 14.5 Å². The molecule has 0 saturated heterocycles. The predicted molar refractivity (Wildman–Crippen MR) is 88.1 cm³/mol. The first-order valence-electron chi connectivity index (χ1n) is 6.76. The van der Waals surface area contributed by atoms with E-state index in [1.807, 2.05) is 6.92 Å². The van der Waals surface area contributed by atoms with E-state index in [4.69, 9.17) is 4.74 Å². The number of halogens is 1. The Morgan fingerprint density at radius 1 is 1.45 bits per heavy atom. The summed E-state index contributed by atoms with van der Waals surface area (Å²) >= 11 is 3.28. The maximum Gasteiger partial charge on any atom is 0.407 e. The van der Waals surface area contributed by atoms with Crippen molar-refractivity contribution >= 4 is 33.4 Å². The van der Waals surface area contributed by atoms with Gasteiger partial charge in [-0.3, -0.25) is 10.1 Å². The monoisotopic (exact) mass is 373 g/mol. The van der Waals surface area contributed by atoms with Crippen molar-refractivity contribution in [3.8, 4) is 0 Å². The Morgan fingerprint density at radius 2 is 2.09 bits per heavy atom. The van der Waals surface area contributed by atoms with Gasteiger partial charge in [0.2, 0.25) is 0 Å². The molecule has 1 unspecified atom stereocenters. The summed E-state index contributed by atoms with van der Waals surface area (Å²) in [5.74, 6) is 0. The first kappa shape index (κ1) is 18.2. The second-order valence-electron chi connectivity index (χ2n) is 5.85.